The van der Waals surface area contributed by atoms with Crippen LogP contribution in [0.4, 0.5) is 20.4 Å². The predicted molar refractivity (Wildman–Crippen MR) is 116 cm³/mol. The van der Waals surface area contributed by atoms with Crippen molar-refractivity contribution in [3.63, 3.8) is 0 Å². The quantitative estimate of drug-likeness (QED) is 0.661. The number of halogens is 2. The van der Waals surface area contributed by atoms with Crippen LogP contribution >= 0.6 is 0 Å². The van der Waals surface area contributed by atoms with Crippen LogP contribution in [0.25, 0.3) is 11.1 Å². The highest BCUT2D eigenvalue weighted by Crippen LogP contribution is 2.57. The summed E-state index contributed by atoms with van der Waals surface area (Å²) in [6.07, 6.45) is 5.09. The molecule has 2 heterocycles. The molecule has 1 aliphatic carbocycles. The van der Waals surface area contributed by atoms with Crippen LogP contribution in [0.2, 0.25) is 0 Å². The number of amides is 1. The van der Waals surface area contributed by atoms with Crippen molar-refractivity contribution in [2.75, 3.05) is 31.6 Å². The van der Waals surface area contributed by atoms with E-state index in [1.54, 1.807) is 7.05 Å². The van der Waals surface area contributed by atoms with Gasteiger partial charge in [0.1, 0.15) is 0 Å². The Balaban J connectivity index is 1.49. The normalized spacial score (nSPS) is 15.7. The molecule has 1 spiro atoms. The van der Waals surface area contributed by atoms with Crippen LogP contribution in [-0.4, -0.2) is 52.6 Å². The number of fused-ring (bicyclic) bond motifs is 2. The zero-order chi connectivity index (χ0) is 22.5. The van der Waals surface area contributed by atoms with E-state index < -0.39 is 11.6 Å². The summed E-state index contributed by atoms with van der Waals surface area (Å²) in [5, 5.41) is 9.13. The minimum Gasteiger partial charge on any atom is -0.395 e. The number of benzene rings is 2. The van der Waals surface area contributed by atoms with Gasteiger partial charge in [-0.1, -0.05) is 18.2 Å². The maximum atomic E-state index is 14.1. The van der Waals surface area contributed by atoms with Gasteiger partial charge in [-0.05, 0) is 36.6 Å². The molecule has 0 bridgehead atoms. The van der Waals surface area contributed by atoms with Crippen LogP contribution in [0.1, 0.15) is 28.8 Å². The molecule has 5 rings (SSSR count). The lowest BCUT2D eigenvalue weighted by atomic mass is 9.97. The lowest BCUT2D eigenvalue weighted by Crippen LogP contribution is -2.29. The van der Waals surface area contributed by atoms with Crippen molar-refractivity contribution in [1.29, 1.82) is 0 Å². The molecule has 0 unspecified atom stereocenters. The Morgan fingerprint density at radius 3 is 2.62 bits per heavy atom. The zero-order valence-corrected chi connectivity index (χ0v) is 17.6. The molecule has 1 fully saturated rings. The van der Waals surface area contributed by atoms with Gasteiger partial charge < -0.3 is 14.9 Å². The molecule has 164 valence electrons. The summed E-state index contributed by atoms with van der Waals surface area (Å²) in [6, 6.07) is 9.68. The Morgan fingerprint density at radius 2 is 1.94 bits per heavy atom. The van der Waals surface area contributed by atoms with Crippen LogP contribution < -0.4 is 4.90 Å². The fourth-order valence-electron chi connectivity index (χ4n) is 4.36. The summed E-state index contributed by atoms with van der Waals surface area (Å²) in [6.45, 7) is 0.861. The van der Waals surface area contributed by atoms with E-state index >= 15 is 0 Å². The molecule has 1 aromatic heterocycles. The summed E-state index contributed by atoms with van der Waals surface area (Å²) < 4.78 is 27.7. The van der Waals surface area contributed by atoms with Gasteiger partial charge in [-0.15, -0.1) is 0 Å². The number of aromatic nitrogens is 2. The van der Waals surface area contributed by atoms with Gasteiger partial charge in [-0.2, -0.15) is 0 Å². The maximum absolute atomic E-state index is 14.1. The van der Waals surface area contributed by atoms with E-state index in [1.165, 1.54) is 35.0 Å². The number of rotatable bonds is 5. The Bertz CT molecular complexity index is 1200. The van der Waals surface area contributed by atoms with E-state index in [0.29, 0.717) is 23.6 Å². The molecule has 2 aromatic carbocycles. The first-order valence-electron chi connectivity index (χ1n) is 10.5. The van der Waals surface area contributed by atoms with Gasteiger partial charge in [0.05, 0.1) is 6.61 Å². The molecule has 1 amide bonds. The van der Waals surface area contributed by atoms with Crippen molar-refractivity contribution in [3.05, 3.63) is 71.6 Å². The Hall–Kier alpha value is -3.39. The number of nitrogens with zero attached hydrogens (tertiary/aromatic N) is 4. The van der Waals surface area contributed by atoms with Crippen molar-refractivity contribution >= 4 is 17.5 Å². The highest BCUT2D eigenvalue weighted by Gasteiger charge is 2.52. The van der Waals surface area contributed by atoms with Crippen molar-refractivity contribution in [2.24, 2.45) is 0 Å². The second-order valence-corrected chi connectivity index (χ2v) is 8.42. The number of carbonyl (C=O) groups excluding carboxylic acids is 1. The van der Waals surface area contributed by atoms with E-state index in [0.717, 1.165) is 24.6 Å². The van der Waals surface area contributed by atoms with Crippen molar-refractivity contribution < 1.29 is 18.7 Å². The molecule has 2 aliphatic rings. The summed E-state index contributed by atoms with van der Waals surface area (Å²) in [5.41, 5.74) is 3.13. The third kappa shape index (κ3) is 3.31. The van der Waals surface area contributed by atoms with Gasteiger partial charge in [-0.25, -0.2) is 18.7 Å². The van der Waals surface area contributed by atoms with Gasteiger partial charge in [0, 0.05) is 60.3 Å². The number of likely N-dealkylation sites (N-methyl/N-ethyl adjacent to an activating group) is 1. The number of carbonyl (C=O) groups is 1. The largest absolute Gasteiger partial charge is 0.395 e. The van der Waals surface area contributed by atoms with Gasteiger partial charge in [0.2, 0.25) is 5.95 Å². The third-order valence-electron chi connectivity index (χ3n) is 6.35. The van der Waals surface area contributed by atoms with Gasteiger partial charge in [0.15, 0.2) is 11.6 Å². The molecule has 8 heteroatoms. The minimum absolute atomic E-state index is 0.0462. The smallest absolute Gasteiger partial charge is 0.253 e. The first-order valence-corrected chi connectivity index (χ1v) is 10.5. The van der Waals surface area contributed by atoms with Gasteiger partial charge >= 0.3 is 0 Å². The Morgan fingerprint density at radius 1 is 1.19 bits per heavy atom. The monoisotopic (exact) mass is 436 g/mol. The van der Waals surface area contributed by atoms with E-state index in [-0.39, 0.29) is 30.0 Å². The molecule has 1 aliphatic heterocycles. The van der Waals surface area contributed by atoms with Crippen LogP contribution in [0.3, 0.4) is 0 Å². The molecule has 1 N–H and O–H groups in total. The molecule has 3 aromatic rings. The van der Waals surface area contributed by atoms with Crippen molar-refractivity contribution in [3.8, 4) is 11.1 Å². The molecule has 1 saturated carbocycles. The summed E-state index contributed by atoms with van der Waals surface area (Å²) >= 11 is 0. The fraction of sp³-hybridized carbons (Fsp3) is 0.292. The molecule has 0 atom stereocenters. The summed E-state index contributed by atoms with van der Waals surface area (Å²) in [4.78, 5) is 25.0. The topological polar surface area (TPSA) is 69.6 Å². The number of hydrogen-bond acceptors (Lipinski definition) is 5. The van der Waals surface area contributed by atoms with E-state index in [4.69, 9.17) is 5.11 Å². The van der Waals surface area contributed by atoms with Crippen LogP contribution in [0.15, 0.2) is 48.8 Å². The Labute approximate surface area is 184 Å². The Kier molecular flexibility index (Phi) is 4.89. The molecule has 0 radical (unpaired) electrons. The van der Waals surface area contributed by atoms with Gasteiger partial charge in [-0.3, -0.25) is 4.79 Å². The molecule has 6 nitrogen and oxygen atoms in total. The first-order chi connectivity index (χ1) is 15.4. The fourth-order valence-corrected chi connectivity index (χ4v) is 4.36. The molecular formula is C24H22F2N4O2. The number of aliphatic hydroxyl groups is 1. The molecular weight excluding hydrogens is 414 g/mol. The third-order valence-corrected chi connectivity index (χ3v) is 6.35. The van der Waals surface area contributed by atoms with Crippen LogP contribution in [0, 0.1) is 11.6 Å². The second kappa shape index (κ2) is 7.63. The molecule has 32 heavy (non-hydrogen) atoms. The maximum Gasteiger partial charge on any atom is 0.253 e. The van der Waals surface area contributed by atoms with Crippen molar-refractivity contribution in [2.45, 2.75) is 18.3 Å². The zero-order valence-electron chi connectivity index (χ0n) is 17.6. The SMILES string of the molecule is CN(CCO)C(=O)c1ccc2c(c1)N(c1ncc(-c3cccc(F)c3F)cn1)CC21CC1. The molecule has 0 saturated heterocycles. The highest BCUT2D eigenvalue weighted by molar-refractivity contribution is 5.96. The van der Waals surface area contributed by atoms with Crippen molar-refractivity contribution in [1.82, 2.24) is 14.9 Å². The average molecular weight is 436 g/mol. The number of anilines is 2. The lowest BCUT2D eigenvalue weighted by Gasteiger charge is -2.20. The average Bonchev–Trinajstić information content (AvgIpc) is 3.52. The minimum atomic E-state index is -0.928. The number of aliphatic hydroxyl groups excluding tert-OH is 1. The summed E-state index contributed by atoms with van der Waals surface area (Å²) in [7, 11) is 1.65. The lowest BCUT2D eigenvalue weighted by molar-refractivity contribution is 0.0767. The van der Waals surface area contributed by atoms with Gasteiger partial charge in [0.25, 0.3) is 5.91 Å². The summed E-state index contributed by atoms with van der Waals surface area (Å²) in [5.74, 6) is -1.57. The standard InChI is InChI=1S/C24H22F2N4O2/c1-29(9-10-31)22(32)15-5-6-18-20(11-15)30(14-24(18)7-8-24)23-27-12-16(13-28-23)17-3-2-4-19(25)21(17)26/h2-6,11-13,31H,7-10,14H2,1H3. The van der Waals surface area contributed by atoms with Crippen LogP contribution in [-0.2, 0) is 5.41 Å². The second-order valence-electron chi connectivity index (χ2n) is 8.42. The number of hydrogen-bond donors (Lipinski definition) is 1. The van der Waals surface area contributed by atoms with E-state index in [9.17, 15) is 13.6 Å². The van der Waals surface area contributed by atoms with E-state index in [1.807, 2.05) is 23.1 Å². The predicted octanol–water partition coefficient (Wildman–Crippen LogP) is 3.67. The highest BCUT2D eigenvalue weighted by atomic mass is 19.2. The first kappa shape index (κ1) is 20.5. The van der Waals surface area contributed by atoms with E-state index in [2.05, 4.69) is 9.97 Å². The van der Waals surface area contributed by atoms with Crippen LogP contribution in [0.5, 0.6) is 0 Å².